The number of aromatic nitrogens is 2. The molecule has 1 unspecified atom stereocenters. The molecule has 1 aliphatic heterocycles. The van der Waals surface area contributed by atoms with Crippen LogP contribution in [-0.4, -0.2) is 32.7 Å². The first kappa shape index (κ1) is 17.2. The summed E-state index contributed by atoms with van der Waals surface area (Å²) in [6.07, 6.45) is 11.3. The average Bonchev–Trinajstić information content (AvgIpc) is 2.77. The Labute approximate surface area is 148 Å². The molecule has 3 heterocycles. The third kappa shape index (κ3) is 5.45. The van der Waals surface area contributed by atoms with E-state index in [0.29, 0.717) is 6.54 Å². The summed E-state index contributed by atoms with van der Waals surface area (Å²) < 4.78 is 0. The Morgan fingerprint density at radius 2 is 1.56 bits per heavy atom. The fraction of sp³-hybridized carbons (Fsp3) is 0.250. The molecule has 5 heteroatoms. The van der Waals surface area contributed by atoms with E-state index in [-0.39, 0.29) is 0 Å². The Hall–Kier alpha value is -2.63. The Morgan fingerprint density at radius 3 is 2.12 bits per heavy atom. The number of hydrogen-bond donors (Lipinski definition) is 1. The second kappa shape index (κ2) is 7.96. The van der Waals surface area contributed by atoms with Crippen molar-refractivity contribution >= 4 is 5.71 Å². The van der Waals surface area contributed by atoms with Gasteiger partial charge in [-0.25, -0.2) is 0 Å². The Bertz CT molecular complexity index is 722. The predicted octanol–water partition coefficient (Wildman–Crippen LogP) is 2.72. The molecule has 0 bridgehead atoms. The Balaban J connectivity index is 1.76. The van der Waals surface area contributed by atoms with Crippen molar-refractivity contribution in [2.45, 2.75) is 25.6 Å². The highest BCUT2D eigenvalue weighted by molar-refractivity contribution is 5.97. The van der Waals surface area contributed by atoms with Crippen LogP contribution in [0, 0.1) is 0 Å². The van der Waals surface area contributed by atoms with Crippen molar-refractivity contribution < 1.29 is 0 Å². The van der Waals surface area contributed by atoms with E-state index in [2.05, 4.69) is 19.9 Å². The summed E-state index contributed by atoms with van der Waals surface area (Å²) in [7, 11) is 0. The highest BCUT2D eigenvalue weighted by Crippen LogP contribution is 2.11. The van der Waals surface area contributed by atoms with Crippen molar-refractivity contribution in [3.63, 3.8) is 0 Å². The van der Waals surface area contributed by atoms with E-state index < -0.39 is 5.54 Å². The van der Waals surface area contributed by atoms with E-state index in [1.807, 2.05) is 73.9 Å². The third-order valence-electron chi connectivity index (χ3n) is 3.92. The van der Waals surface area contributed by atoms with E-state index >= 15 is 0 Å². The molecule has 0 spiro atoms. The summed E-state index contributed by atoms with van der Waals surface area (Å²) in [5.41, 5.74) is 8.69. The van der Waals surface area contributed by atoms with Gasteiger partial charge in [0.05, 0.1) is 22.6 Å². The van der Waals surface area contributed by atoms with E-state index in [1.54, 1.807) is 6.20 Å². The number of hydrogen-bond acceptors (Lipinski definition) is 5. The third-order valence-corrected chi connectivity index (χ3v) is 3.92. The molecule has 0 amide bonds. The van der Waals surface area contributed by atoms with Crippen LogP contribution in [0.1, 0.15) is 18.3 Å². The van der Waals surface area contributed by atoms with Crippen molar-refractivity contribution in [1.29, 1.82) is 0 Å². The van der Waals surface area contributed by atoms with Crippen LogP contribution in [0.4, 0.5) is 0 Å². The van der Waals surface area contributed by atoms with Gasteiger partial charge in [0.25, 0.3) is 0 Å². The zero-order valence-corrected chi connectivity index (χ0v) is 14.4. The second-order valence-corrected chi connectivity index (χ2v) is 6.42. The Morgan fingerprint density at radius 1 is 0.920 bits per heavy atom. The topological polar surface area (TPSA) is 67.4 Å². The van der Waals surface area contributed by atoms with Gasteiger partial charge in [0.2, 0.25) is 0 Å². The summed E-state index contributed by atoms with van der Waals surface area (Å²) in [6.45, 7) is 4.11. The van der Waals surface area contributed by atoms with Crippen LogP contribution in [0.3, 0.4) is 0 Å². The lowest BCUT2D eigenvalue weighted by molar-refractivity contribution is 0.288. The number of rotatable bonds is 6. The molecule has 0 aromatic carbocycles. The molecule has 0 saturated carbocycles. The van der Waals surface area contributed by atoms with Crippen molar-refractivity contribution in [2.75, 3.05) is 6.54 Å². The van der Waals surface area contributed by atoms with Gasteiger partial charge in [-0.15, -0.1) is 0 Å². The molecule has 1 aliphatic rings. The molecule has 0 aliphatic carbocycles. The molecule has 128 valence electrons. The van der Waals surface area contributed by atoms with Crippen LogP contribution in [0.15, 0.2) is 78.2 Å². The van der Waals surface area contributed by atoms with Crippen LogP contribution >= 0.6 is 0 Å². The molecule has 1 atom stereocenters. The molecular weight excluding hydrogens is 310 g/mol. The fourth-order valence-electron chi connectivity index (χ4n) is 2.60. The van der Waals surface area contributed by atoms with Crippen molar-refractivity contribution in [1.82, 2.24) is 14.9 Å². The largest absolute Gasteiger partial charge is 0.319 e. The first-order chi connectivity index (χ1) is 12.1. The second-order valence-electron chi connectivity index (χ2n) is 6.42. The fourth-order valence-corrected chi connectivity index (χ4v) is 2.60. The van der Waals surface area contributed by atoms with Gasteiger partial charge in [0.15, 0.2) is 0 Å². The maximum atomic E-state index is 6.14. The predicted molar refractivity (Wildman–Crippen MR) is 101 cm³/mol. The van der Waals surface area contributed by atoms with Gasteiger partial charge in [-0.2, -0.15) is 0 Å². The van der Waals surface area contributed by atoms with E-state index in [1.165, 1.54) is 0 Å². The van der Waals surface area contributed by atoms with E-state index in [9.17, 15) is 0 Å². The standard InChI is InChI=1S/C20H23N5/c1-20(21)9-8-19(24-13-10-20)16-25(14-17-6-2-4-11-22-17)15-18-7-3-5-12-23-18/h2-13H,14-16,21H2,1H3. The van der Waals surface area contributed by atoms with Crippen LogP contribution in [0.25, 0.3) is 0 Å². The number of pyridine rings is 2. The summed E-state index contributed by atoms with van der Waals surface area (Å²) in [5, 5.41) is 0. The van der Waals surface area contributed by atoms with Gasteiger partial charge in [-0.3, -0.25) is 19.9 Å². The summed E-state index contributed by atoms with van der Waals surface area (Å²) in [5.74, 6) is 0. The molecule has 3 rings (SSSR count). The molecule has 2 aromatic heterocycles. The molecule has 25 heavy (non-hydrogen) atoms. The van der Waals surface area contributed by atoms with Gasteiger partial charge in [-0.05, 0) is 43.3 Å². The number of nitrogens with two attached hydrogens (primary N) is 1. The molecule has 5 nitrogen and oxygen atoms in total. The summed E-state index contributed by atoms with van der Waals surface area (Å²) >= 11 is 0. The molecule has 2 N–H and O–H groups in total. The van der Waals surface area contributed by atoms with Crippen LogP contribution in [0.2, 0.25) is 0 Å². The maximum Gasteiger partial charge on any atom is 0.0544 e. The Kier molecular flexibility index (Phi) is 5.48. The zero-order valence-electron chi connectivity index (χ0n) is 14.4. The quantitative estimate of drug-likeness (QED) is 0.882. The summed E-state index contributed by atoms with van der Waals surface area (Å²) in [4.78, 5) is 15.7. The van der Waals surface area contributed by atoms with Crippen LogP contribution < -0.4 is 5.73 Å². The summed E-state index contributed by atoms with van der Waals surface area (Å²) in [6, 6.07) is 11.9. The average molecular weight is 333 g/mol. The van der Waals surface area contributed by atoms with Crippen molar-refractivity contribution in [3.8, 4) is 0 Å². The van der Waals surface area contributed by atoms with Crippen molar-refractivity contribution in [2.24, 2.45) is 10.7 Å². The number of nitrogens with zero attached hydrogens (tertiary/aromatic N) is 4. The maximum absolute atomic E-state index is 6.14. The molecule has 2 aromatic rings. The van der Waals surface area contributed by atoms with Crippen LogP contribution in [0.5, 0.6) is 0 Å². The van der Waals surface area contributed by atoms with E-state index in [4.69, 9.17) is 5.73 Å². The molecule has 0 fully saturated rings. The molecular formula is C20H23N5. The van der Waals surface area contributed by atoms with Gasteiger partial charge in [0, 0.05) is 38.2 Å². The lowest BCUT2D eigenvalue weighted by atomic mass is 10.0. The van der Waals surface area contributed by atoms with Gasteiger partial charge >= 0.3 is 0 Å². The van der Waals surface area contributed by atoms with Gasteiger partial charge in [0.1, 0.15) is 0 Å². The minimum absolute atomic E-state index is 0.460. The lowest BCUT2D eigenvalue weighted by Crippen LogP contribution is -2.31. The van der Waals surface area contributed by atoms with E-state index in [0.717, 1.165) is 30.2 Å². The SMILES string of the molecule is CC1(N)C=CN=C(CN(Cc2ccccn2)Cc2ccccn2)C=C1. The lowest BCUT2D eigenvalue weighted by Gasteiger charge is -2.21. The molecule has 0 saturated heterocycles. The first-order valence-corrected chi connectivity index (χ1v) is 8.35. The normalized spacial score (nSPS) is 19.7. The van der Waals surface area contributed by atoms with Crippen molar-refractivity contribution in [3.05, 3.63) is 84.6 Å². The van der Waals surface area contributed by atoms with Gasteiger partial charge < -0.3 is 5.73 Å². The van der Waals surface area contributed by atoms with Gasteiger partial charge in [-0.1, -0.05) is 18.2 Å². The zero-order chi connectivity index (χ0) is 17.5. The van der Waals surface area contributed by atoms with Crippen LogP contribution in [-0.2, 0) is 13.1 Å². The number of aliphatic imine (C=N–C) groups is 1. The molecule has 0 radical (unpaired) electrons. The minimum Gasteiger partial charge on any atom is -0.319 e. The monoisotopic (exact) mass is 333 g/mol. The highest BCUT2D eigenvalue weighted by atomic mass is 15.1. The highest BCUT2D eigenvalue weighted by Gasteiger charge is 2.15. The minimum atomic E-state index is -0.460. The first-order valence-electron chi connectivity index (χ1n) is 8.35. The smallest absolute Gasteiger partial charge is 0.0544 e.